The lowest BCUT2D eigenvalue weighted by Gasteiger charge is -2.57. The van der Waals surface area contributed by atoms with Crippen LogP contribution < -0.4 is 0 Å². The molecule has 2 unspecified atom stereocenters. The summed E-state index contributed by atoms with van der Waals surface area (Å²) in [5, 5.41) is 19.9. The van der Waals surface area contributed by atoms with Crippen LogP contribution in [0.5, 0.6) is 0 Å². The first-order valence-electron chi connectivity index (χ1n) is 10.5. The summed E-state index contributed by atoms with van der Waals surface area (Å²) in [5.74, 6) is 0.879. The van der Waals surface area contributed by atoms with Crippen LogP contribution in [0.25, 0.3) is 0 Å². The maximum atomic E-state index is 10.5. The van der Waals surface area contributed by atoms with Gasteiger partial charge in [0.25, 0.3) is 0 Å². The quantitative estimate of drug-likeness (QED) is 0.618. The van der Waals surface area contributed by atoms with E-state index < -0.39 is 0 Å². The molecule has 142 valence electrons. The van der Waals surface area contributed by atoms with Crippen LogP contribution in [0.2, 0.25) is 0 Å². The Morgan fingerprint density at radius 3 is 2.54 bits per heavy atom. The Kier molecular flexibility index (Phi) is 8.03. The SMILES string of the molecule is CCCCCCCN(C)C1CCC[C@H]2[C@H](CCO)C(O)CC[C@]12C. The van der Waals surface area contributed by atoms with Crippen molar-refractivity contribution in [2.75, 3.05) is 20.2 Å². The Balaban J connectivity index is 1.97. The van der Waals surface area contributed by atoms with Gasteiger partial charge in [0.1, 0.15) is 0 Å². The molecule has 0 aliphatic heterocycles. The predicted molar refractivity (Wildman–Crippen MR) is 101 cm³/mol. The minimum Gasteiger partial charge on any atom is -0.396 e. The van der Waals surface area contributed by atoms with E-state index in [1.807, 2.05) is 0 Å². The lowest BCUT2D eigenvalue weighted by molar-refractivity contribution is -0.107. The number of rotatable bonds is 9. The number of hydrogen-bond donors (Lipinski definition) is 2. The van der Waals surface area contributed by atoms with Crippen LogP contribution in [0.3, 0.4) is 0 Å². The molecular formula is C21H41NO2. The summed E-state index contributed by atoms with van der Waals surface area (Å²) in [6.07, 6.45) is 13.2. The van der Waals surface area contributed by atoms with E-state index in [1.54, 1.807) is 0 Å². The molecule has 2 N–H and O–H groups in total. The minimum absolute atomic E-state index is 0.201. The molecule has 0 bridgehead atoms. The Morgan fingerprint density at radius 1 is 1.08 bits per heavy atom. The third-order valence-corrected chi connectivity index (χ3v) is 7.20. The van der Waals surface area contributed by atoms with E-state index in [9.17, 15) is 10.2 Å². The van der Waals surface area contributed by atoms with Crippen LogP contribution in [0.4, 0.5) is 0 Å². The van der Waals surface area contributed by atoms with Gasteiger partial charge in [0.2, 0.25) is 0 Å². The lowest BCUT2D eigenvalue weighted by Crippen LogP contribution is -2.57. The van der Waals surface area contributed by atoms with E-state index in [2.05, 4.69) is 25.8 Å². The largest absolute Gasteiger partial charge is 0.396 e. The van der Waals surface area contributed by atoms with Gasteiger partial charge in [0, 0.05) is 12.6 Å². The molecule has 2 rings (SSSR count). The van der Waals surface area contributed by atoms with Crippen molar-refractivity contribution in [1.82, 2.24) is 4.90 Å². The monoisotopic (exact) mass is 339 g/mol. The second-order valence-corrected chi connectivity index (χ2v) is 8.74. The van der Waals surface area contributed by atoms with Crippen LogP contribution in [0.1, 0.15) is 84.5 Å². The lowest BCUT2D eigenvalue weighted by atomic mass is 9.53. The summed E-state index contributed by atoms with van der Waals surface area (Å²) in [7, 11) is 2.32. The fourth-order valence-corrected chi connectivity index (χ4v) is 5.82. The Morgan fingerprint density at radius 2 is 1.83 bits per heavy atom. The first-order chi connectivity index (χ1) is 11.5. The summed E-state index contributed by atoms with van der Waals surface area (Å²) >= 11 is 0. The summed E-state index contributed by atoms with van der Waals surface area (Å²) in [6.45, 7) is 6.18. The average Bonchev–Trinajstić information content (AvgIpc) is 2.57. The highest BCUT2D eigenvalue weighted by Gasteiger charge is 2.52. The van der Waals surface area contributed by atoms with Crippen molar-refractivity contribution in [3.05, 3.63) is 0 Å². The van der Waals surface area contributed by atoms with E-state index in [4.69, 9.17) is 0 Å². The Hall–Kier alpha value is -0.120. The Labute approximate surface area is 149 Å². The number of hydrogen-bond acceptors (Lipinski definition) is 3. The highest BCUT2D eigenvalue weighted by molar-refractivity contribution is 5.03. The molecule has 0 aromatic carbocycles. The second kappa shape index (κ2) is 9.54. The molecule has 3 heteroatoms. The smallest absolute Gasteiger partial charge is 0.0572 e. The first kappa shape index (κ1) is 20.2. The summed E-state index contributed by atoms with van der Waals surface area (Å²) in [5.41, 5.74) is 0.315. The fourth-order valence-electron chi connectivity index (χ4n) is 5.82. The maximum Gasteiger partial charge on any atom is 0.0572 e. The molecule has 2 fully saturated rings. The van der Waals surface area contributed by atoms with E-state index in [0.717, 1.165) is 19.3 Å². The molecule has 0 aromatic rings. The zero-order valence-corrected chi connectivity index (χ0v) is 16.3. The predicted octanol–water partition coefficient (Wildman–Crippen LogP) is 4.22. The van der Waals surface area contributed by atoms with E-state index in [-0.39, 0.29) is 12.7 Å². The van der Waals surface area contributed by atoms with E-state index in [0.29, 0.717) is 23.3 Å². The van der Waals surface area contributed by atoms with Gasteiger partial charge in [-0.05, 0) is 69.4 Å². The number of fused-ring (bicyclic) bond motifs is 1. The molecule has 24 heavy (non-hydrogen) atoms. The molecule has 2 aliphatic rings. The van der Waals surface area contributed by atoms with Crippen molar-refractivity contribution in [3.63, 3.8) is 0 Å². The first-order valence-corrected chi connectivity index (χ1v) is 10.5. The molecule has 0 saturated heterocycles. The van der Waals surface area contributed by atoms with Gasteiger partial charge in [0.15, 0.2) is 0 Å². The number of aliphatic hydroxyl groups is 2. The van der Waals surface area contributed by atoms with Crippen LogP contribution >= 0.6 is 0 Å². The standard InChI is InChI=1S/C21H41NO2/c1-4-5-6-7-8-15-22(3)20-11-9-10-18-17(13-16-23)19(24)12-14-21(18,20)2/h17-20,23-24H,4-16H2,1-3H3/t17-,18-,19?,20?,21-/m0/s1. The molecule has 2 aliphatic carbocycles. The van der Waals surface area contributed by atoms with Gasteiger partial charge in [-0.15, -0.1) is 0 Å². The zero-order valence-electron chi connectivity index (χ0n) is 16.3. The van der Waals surface area contributed by atoms with Crippen molar-refractivity contribution in [2.45, 2.75) is 96.6 Å². The van der Waals surface area contributed by atoms with Gasteiger partial charge >= 0.3 is 0 Å². The minimum atomic E-state index is -0.201. The average molecular weight is 340 g/mol. The van der Waals surface area contributed by atoms with Crippen LogP contribution in [0, 0.1) is 17.3 Å². The van der Waals surface area contributed by atoms with Crippen LogP contribution in [0.15, 0.2) is 0 Å². The van der Waals surface area contributed by atoms with Gasteiger partial charge < -0.3 is 15.1 Å². The molecular weight excluding hydrogens is 298 g/mol. The van der Waals surface area contributed by atoms with Crippen LogP contribution in [-0.2, 0) is 0 Å². The third kappa shape index (κ3) is 4.53. The zero-order chi connectivity index (χ0) is 17.6. The molecule has 0 heterocycles. The summed E-state index contributed by atoms with van der Waals surface area (Å²) in [6, 6.07) is 0.649. The molecule has 3 nitrogen and oxygen atoms in total. The third-order valence-electron chi connectivity index (χ3n) is 7.20. The van der Waals surface area contributed by atoms with E-state index in [1.165, 1.54) is 57.9 Å². The molecule has 0 aromatic heterocycles. The van der Waals surface area contributed by atoms with Crippen molar-refractivity contribution >= 4 is 0 Å². The van der Waals surface area contributed by atoms with Crippen molar-refractivity contribution < 1.29 is 10.2 Å². The van der Waals surface area contributed by atoms with Crippen LogP contribution in [-0.4, -0.2) is 47.5 Å². The van der Waals surface area contributed by atoms with Gasteiger partial charge in [-0.2, -0.15) is 0 Å². The molecule has 0 amide bonds. The summed E-state index contributed by atoms with van der Waals surface area (Å²) in [4.78, 5) is 2.63. The van der Waals surface area contributed by atoms with Crippen molar-refractivity contribution in [1.29, 1.82) is 0 Å². The van der Waals surface area contributed by atoms with E-state index >= 15 is 0 Å². The van der Waals surface area contributed by atoms with Gasteiger partial charge in [-0.25, -0.2) is 0 Å². The topological polar surface area (TPSA) is 43.7 Å². The Bertz CT molecular complexity index is 362. The molecule has 5 atom stereocenters. The molecule has 0 spiro atoms. The number of aliphatic hydroxyl groups excluding tert-OH is 2. The van der Waals surface area contributed by atoms with Gasteiger partial charge in [-0.3, -0.25) is 0 Å². The second-order valence-electron chi connectivity index (χ2n) is 8.74. The number of unbranched alkanes of at least 4 members (excludes halogenated alkanes) is 4. The molecule has 2 saturated carbocycles. The highest BCUT2D eigenvalue weighted by Crippen LogP contribution is 2.54. The molecule has 0 radical (unpaired) electrons. The van der Waals surface area contributed by atoms with Crippen molar-refractivity contribution in [3.8, 4) is 0 Å². The van der Waals surface area contributed by atoms with Gasteiger partial charge in [-0.1, -0.05) is 46.0 Å². The highest BCUT2D eigenvalue weighted by atomic mass is 16.3. The normalized spacial score (nSPS) is 36.8. The fraction of sp³-hybridized carbons (Fsp3) is 1.00. The van der Waals surface area contributed by atoms with Crippen molar-refractivity contribution in [2.24, 2.45) is 17.3 Å². The maximum absolute atomic E-state index is 10.5. The summed E-state index contributed by atoms with van der Waals surface area (Å²) < 4.78 is 0. The number of nitrogens with zero attached hydrogens (tertiary/aromatic N) is 1. The van der Waals surface area contributed by atoms with Gasteiger partial charge in [0.05, 0.1) is 6.10 Å².